The Balaban J connectivity index is 1.62. The van der Waals surface area contributed by atoms with Gasteiger partial charge in [-0.15, -0.1) is 11.3 Å². The SMILES string of the molecule is Cc1nc(-c2ccc(NC(=O)c3nn(-c4cccc(C(F)(F)F)c4)c(C)cc3=O)cc2)cs1. The van der Waals surface area contributed by atoms with Gasteiger partial charge in [-0.2, -0.15) is 18.3 Å². The van der Waals surface area contributed by atoms with Crippen molar-refractivity contribution in [2.45, 2.75) is 20.0 Å². The molecular weight excluding hydrogens is 453 g/mol. The summed E-state index contributed by atoms with van der Waals surface area (Å²) in [5, 5.41) is 9.51. The summed E-state index contributed by atoms with van der Waals surface area (Å²) in [4.78, 5) is 29.5. The van der Waals surface area contributed by atoms with Crippen molar-refractivity contribution in [3.05, 3.63) is 92.2 Å². The van der Waals surface area contributed by atoms with Crippen molar-refractivity contribution in [2.75, 3.05) is 5.32 Å². The molecule has 0 bridgehead atoms. The van der Waals surface area contributed by atoms with E-state index in [-0.39, 0.29) is 5.69 Å². The Morgan fingerprint density at radius 2 is 1.79 bits per heavy atom. The number of hydrogen-bond acceptors (Lipinski definition) is 5. The Kier molecular flexibility index (Phi) is 5.86. The highest BCUT2D eigenvalue weighted by molar-refractivity contribution is 7.09. The van der Waals surface area contributed by atoms with E-state index in [1.54, 1.807) is 24.3 Å². The predicted molar refractivity (Wildman–Crippen MR) is 120 cm³/mol. The maximum Gasteiger partial charge on any atom is 0.416 e. The molecule has 4 aromatic rings. The van der Waals surface area contributed by atoms with Crippen molar-refractivity contribution >= 4 is 22.9 Å². The largest absolute Gasteiger partial charge is 0.416 e. The third kappa shape index (κ3) is 4.85. The molecular formula is C23H17F3N4O2S. The van der Waals surface area contributed by atoms with Crippen molar-refractivity contribution in [2.24, 2.45) is 0 Å². The molecule has 1 N–H and O–H groups in total. The highest BCUT2D eigenvalue weighted by atomic mass is 32.1. The van der Waals surface area contributed by atoms with Crippen LogP contribution in [0.2, 0.25) is 0 Å². The fourth-order valence-corrected chi connectivity index (χ4v) is 3.81. The molecule has 0 aliphatic rings. The number of rotatable bonds is 4. The zero-order valence-electron chi connectivity index (χ0n) is 17.5. The van der Waals surface area contributed by atoms with Crippen molar-refractivity contribution < 1.29 is 18.0 Å². The monoisotopic (exact) mass is 470 g/mol. The van der Waals surface area contributed by atoms with Gasteiger partial charge in [0.2, 0.25) is 5.43 Å². The van der Waals surface area contributed by atoms with Gasteiger partial charge in [0.1, 0.15) is 0 Å². The van der Waals surface area contributed by atoms with Crippen molar-refractivity contribution in [1.82, 2.24) is 14.8 Å². The summed E-state index contributed by atoms with van der Waals surface area (Å²) in [6.45, 7) is 3.43. The first-order chi connectivity index (χ1) is 15.6. The lowest BCUT2D eigenvalue weighted by atomic mass is 10.1. The molecule has 0 spiro atoms. The van der Waals surface area contributed by atoms with Crippen LogP contribution in [0.15, 0.2) is 64.8 Å². The number of hydrogen-bond donors (Lipinski definition) is 1. The molecule has 0 unspecified atom stereocenters. The molecule has 2 aromatic heterocycles. The molecule has 0 fully saturated rings. The van der Waals surface area contributed by atoms with Crippen LogP contribution in [0.5, 0.6) is 0 Å². The lowest BCUT2D eigenvalue weighted by molar-refractivity contribution is -0.137. The van der Waals surface area contributed by atoms with Gasteiger partial charge >= 0.3 is 6.18 Å². The predicted octanol–water partition coefficient (Wildman–Crippen LogP) is 5.24. The number of nitrogens with one attached hydrogen (secondary N) is 1. The standard InChI is InChI=1S/C23H17F3N4O2S/c1-13-10-20(31)21(29-30(13)18-5-3-4-16(11-18)23(24,25)26)22(32)28-17-8-6-15(7-9-17)19-12-33-14(2)27-19/h3-12H,1-2H3,(H,28,32). The molecule has 2 heterocycles. The topological polar surface area (TPSA) is 76.9 Å². The van der Waals surface area contributed by atoms with Crippen LogP contribution in [-0.4, -0.2) is 20.7 Å². The van der Waals surface area contributed by atoms with E-state index in [0.717, 1.165) is 39.1 Å². The van der Waals surface area contributed by atoms with Crippen molar-refractivity contribution in [3.8, 4) is 16.9 Å². The third-order valence-electron chi connectivity index (χ3n) is 4.80. The molecule has 6 nitrogen and oxygen atoms in total. The average Bonchev–Trinajstić information content (AvgIpc) is 3.20. The van der Waals surface area contributed by atoms with Crippen LogP contribution in [-0.2, 0) is 6.18 Å². The maximum absolute atomic E-state index is 13.1. The third-order valence-corrected chi connectivity index (χ3v) is 5.57. The lowest BCUT2D eigenvalue weighted by Crippen LogP contribution is -2.27. The summed E-state index contributed by atoms with van der Waals surface area (Å²) in [6, 6.07) is 12.6. The number of anilines is 1. The van der Waals surface area contributed by atoms with Crippen LogP contribution in [0.4, 0.5) is 18.9 Å². The summed E-state index contributed by atoms with van der Waals surface area (Å²) in [7, 11) is 0. The number of carbonyl (C=O) groups excluding carboxylic acids is 1. The van der Waals surface area contributed by atoms with Gasteiger partial charge in [0.15, 0.2) is 5.69 Å². The number of aromatic nitrogens is 3. The number of aryl methyl sites for hydroxylation is 2. The Hall–Kier alpha value is -3.79. The minimum atomic E-state index is -4.54. The smallest absolute Gasteiger partial charge is 0.320 e. The van der Waals surface area contributed by atoms with E-state index in [1.165, 1.54) is 30.4 Å². The van der Waals surface area contributed by atoms with Crippen LogP contribution < -0.4 is 10.7 Å². The van der Waals surface area contributed by atoms with E-state index in [1.807, 2.05) is 12.3 Å². The van der Waals surface area contributed by atoms with Crippen LogP contribution in [0.3, 0.4) is 0 Å². The second-order valence-electron chi connectivity index (χ2n) is 7.24. The zero-order valence-corrected chi connectivity index (χ0v) is 18.3. The molecule has 0 saturated carbocycles. The number of alkyl halides is 3. The summed E-state index contributed by atoms with van der Waals surface area (Å²) < 4.78 is 40.4. The van der Waals surface area contributed by atoms with Gasteiger partial charge in [-0.05, 0) is 44.2 Å². The second kappa shape index (κ2) is 8.62. The Morgan fingerprint density at radius 3 is 2.42 bits per heavy atom. The zero-order chi connectivity index (χ0) is 23.8. The number of halogens is 3. The number of nitrogens with zero attached hydrogens (tertiary/aromatic N) is 3. The first-order valence-corrected chi connectivity index (χ1v) is 10.6. The van der Waals surface area contributed by atoms with Gasteiger partial charge in [0.25, 0.3) is 5.91 Å². The van der Waals surface area contributed by atoms with Gasteiger partial charge in [-0.1, -0.05) is 18.2 Å². The number of thiazole rings is 1. The van der Waals surface area contributed by atoms with Gasteiger partial charge < -0.3 is 5.32 Å². The highest BCUT2D eigenvalue weighted by Crippen LogP contribution is 2.30. The Labute approximate surface area is 190 Å². The number of amides is 1. The van der Waals surface area contributed by atoms with Crippen molar-refractivity contribution in [1.29, 1.82) is 0 Å². The molecule has 0 atom stereocenters. The minimum Gasteiger partial charge on any atom is -0.320 e. The van der Waals surface area contributed by atoms with E-state index in [4.69, 9.17) is 0 Å². The molecule has 0 aliphatic carbocycles. The fraction of sp³-hybridized carbons (Fsp3) is 0.130. The molecule has 2 aromatic carbocycles. The van der Waals surface area contributed by atoms with Crippen molar-refractivity contribution in [3.63, 3.8) is 0 Å². The fourth-order valence-electron chi connectivity index (χ4n) is 3.19. The summed E-state index contributed by atoms with van der Waals surface area (Å²) in [5.41, 5.74) is 0.569. The van der Waals surface area contributed by atoms with Gasteiger partial charge in [-0.25, -0.2) is 9.67 Å². The Morgan fingerprint density at radius 1 is 1.06 bits per heavy atom. The van der Waals surface area contributed by atoms with Crippen LogP contribution in [0.25, 0.3) is 16.9 Å². The first kappa shape index (κ1) is 22.4. The lowest BCUT2D eigenvalue weighted by Gasteiger charge is -2.13. The quantitative estimate of drug-likeness (QED) is 0.442. The van der Waals surface area contributed by atoms with Crippen LogP contribution in [0, 0.1) is 13.8 Å². The molecule has 0 saturated heterocycles. The van der Waals surface area contributed by atoms with Gasteiger partial charge in [-0.3, -0.25) is 9.59 Å². The van der Waals surface area contributed by atoms with E-state index >= 15 is 0 Å². The van der Waals surface area contributed by atoms with Gasteiger partial charge in [0.05, 0.1) is 22.0 Å². The van der Waals surface area contributed by atoms with E-state index in [2.05, 4.69) is 15.4 Å². The molecule has 4 rings (SSSR count). The maximum atomic E-state index is 13.1. The highest BCUT2D eigenvalue weighted by Gasteiger charge is 2.30. The summed E-state index contributed by atoms with van der Waals surface area (Å²) in [5.74, 6) is -0.766. The summed E-state index contributed by atoms with van der Waals surface area (Å²) >= 11 is 1.53. The minimum absolute atomic E-state index is 0.0827. The number of carbonyl (C=O) groups is 1. The average molecular weight is 470 g/mol. The normalized spacial score (nSPS) is 11.4. The molecule has 168 valence electrons. The molecule has 10 heteroatoms. The van der Waals surface area contributed by atoms with E-state index < -0.39 is 28.8 Å². The van der Waals surface area contributed by atoms with E-state index in [9.17, 15) is 22.8 Å². The second-order valence-corrected chi connectivity index (χ2v) is 8.30. The van der Waals surface area contributed by atoms with E-state index in [0.29, 0.717) is 11.4 Å². The van der Waals surface area contributed by atoms with Crippen LogP contribution in [0.1, 0.15) is 26.8 Å². The Bertz CT molecular complexity index is 1390. The summed E-state index contributed by atoms with van der Waals surface area (Å²) in [6.07, 6.45) is -4.54. The van der Waals surface area contributed by atoms with Crippen LogP contribution >= 0.6 is 11.3 Å². The molecule has 0 aliphatic heterocycles. The van der Waals surface area contributed by atoms with Gasteiger partial charge in [0, 0.05) is 28.4 Å². The molecule has 33 heavy (non-hydrogen) atoms. The molecule has 1 amide bonds. The first-order valence-electron chi connectivity index (χ1n) is 9.74. The molecule has 0 radical (unpaired) electrons. The number of benzene rings is 2.